The summed E-state index contributed by atoms with van der Waals surface area (Å²) in [5.74, 6) is -1.47. The van der Waals surface area contributed by atoms with Gasteiger partial charge in [0, 0.05) is 12.0 Å². The molecule has 0 aliphatic carbocycles. The number of aromatic nitrogens is 1. The van der Waals surface area contributed by atoms with Crippen molar-refractivity contribution in [3.05, 3.63) is 76.8 Å². The van der Waals surface area contributed by atoms with Crippen LogP contribution in [0.3, 0.4) is 0 Å². The average Bonchev–Trinajstić information content (AvgIpc) is 3.04. The summed E-state index contributed by atoms with van der Waals surface area (Å²) in [5, 5.41) is 12.8. The summed E-state index contributed by atoms with van der Waals surface area (Å²) < 4.78 is 0. The molecule has 0 aliphatic heterocycles. The van der Waals surface area contributed by atoms with Crippen LogP contribution in [-0.4, -0.2) is 28.0 Å². The molecule has 1 atom stereocenters. The molecule has 2 aromatic carbocycles. The van der Waals surface area contributed by atoms with Crippen LogP contribution >= 0.6 is 11.3 Å². The van der Waals surface area contributed by atoms with Crippen LogP contribution in [0.15, 0.2) is 60.7 Å². The molecule has 0 bridgehead atoms. The van der Waals surface area contributed by atoms with Gasteiger partial charge in [0.2, 0.25) is 0 Å². The van der Waals surface area contributed by atoms with Gasteiger partial charge in [-0.2, -0.15) is 0 Å². The smallest absolute Gasteiger partial charge is 0.326 e. The standard InChI is InChI=1S/C20H18N2O3S/c1-13-17(26-19(21-13)15-10-6-3-7-11-15)18(23)22-16(20(24)25)12-14-8-4-2-5-9-14/h2-11,16H,12H2,1H3,(H,22,23)(H,24,25)/t16-/m0/s1. The Hall–Kier alpha value is -2.99. The lowest BCUT2D eigenvalue weighted by Crippen LogP contribution is -2.42. The lowest BCUT2D eigenvalue weighted by Gasteiger charge is -2.14. The zero-order valence-electron chi connectivity index (χ0n) is 14.2. The van der Waals surface area contributed by atoms with Crippen LogP contribution in [0.5, 0.6) is 0 Å². The molecule has 0 unspecified atom stereocenters. The fraction of sp³-hybridized carbons (Fsp3) is 0.150. The predicted octanol–water partition coefficient (Wildman–Crippen LogP) is 3.54. The number of carboxylic acids is 1. The first-order valence-electron chi connectivity index (χ1n) is 8.15. The van der Waals surface area contributed by atoms with Gasteiger partial charge in [0.15, 0.2) is 0 Å². The van der Waals surface area contributed by atoms with Gasteiger partial charge in [-0.1, -0.05) is 60.7 Å². The number of carbonyl (C=O) groups is 2. The Kier molecular flexibility index (Phi) is 5.43. The Morgan fingerprint density at radius 3 is 2.31 bits per heavy atom. The summed E-state index contributed by atoms with van der Waals surface area (Å²) in [5.41, 5.74) is 2.38. The highest BCUT2D eigenvalue weighted by atomic mass is 32.1. The van der Waals surface area contributed by atoms with Gasteiger partial charge in [0.05, 0.1) is 5.69 Å². The van der Waals surface area contributed by atoms with E-state index in [9.17, 15) is 14.7 Å². The first-order valence-corrected chi connectivity index (χ1v) is 8.96. The van der Waals surface area contributed by atoms with Crippen molar-refractivity contribution in [2.24, 2.45) is 0 Å². The third kappa shape index (κ3) is 4.15. The highest BCUT2D eigenvalue weighted by Gasteiger charge is 2.24. The molecule has 1 aromatic heterocycles. The van der Waals surface area contributed by atoms with E-state index >= 15 is 0 Å². The number of carboxylic acid groups (broad SMARTS) is 1. The van der Waals surface area contributed by atoms with Gasteiger partial charge >= 0.3 is 5.97 Å². The fourth-order valence-corrected chi connectivity index (χ4v) is 3.56. The largest absolute Gasteiger partial charge is 0.480 e. The van der Waals surface area contributed by atoms with Gasteiger partial charge < -0.3 is 10.4 Å². The van der Waals surface area contributed by atoms with Gasteiger partial charge in [-0.05, 0) is 12.5 Å². The maximum Gasteiger partial charge on any atom is 0.326 e. The molecule has 1 amide bonds. The Balaban J connectivity index is 1.78. The summed E-state index contributed by atoms with van der Waals surface area (Å²) >= 11 is 1.26. The van der Waals surface area contributed by atoms with Crippen LogP contribution < -0.4 is 5.32 Å². The van der Waals surface area contributed by atoms with Crippen LogP contribution in [-0.2, 0) is 11.2 Å². The first kappa shape index (κ1) is 17.8. The fourth-order valence-electron chi connectivity index (χ4n) is 2.58. The zero-order valence-corrected chi connectivity index (χ0v) is 15.0. The van der Waals surface area contributed by atoms with Crippen molar-refractivity contribution >= 4 is 23.2 Å². The van der Waals surface area contributed by atoms with E-state index in [2.05, 4.69) is 10.3 Å². The van der Waals surface area contributed by atoms with Crippen LogP contribution in [0, 0.1) is 6.92 Å². The van der Waals surface area contributed by atoms with Gasteiger partial charge in [-0.3, -0.25) is 4.79 Å². The van der Waals surface area contributed by atoms with E-state index in [4.69, 9.17) is 0 Å². The number of nitrogens with zero attached hydrogens (tertiary/aromatic N) is 1. The van der Waals surface area contributed by atoms with E-state index in [0.29, 0.717) is 10.6 Å². The normalized spacial score (nSPS) is 11.7. The quantitative estimate of drug-likeness (QED) is 0.699. The van der Waals surface area contributed by atoms with Crippen molar-refractivity contribution in [2.75, 3.05) is 0 Å². The maximum atomic E-state index is 12.6. The van der Waals surface area contributed by atoms with Crippen LogP contribution in [0.25, 0.3) is 10.6 Å². The molecule has 0 saturated carbocycles. The Morgan fingerprint density at radius 2 is 1.69 bits per heavy atom. The molecular formula is C20H18N2O3S. The number of hydrogen-bond acceptors (Lipinski definition) is 4. The van der Waals surface area contributed by atoms with E-state index < -0.39 is 17.9 Å². The highest BCUT2D eigenvalue weighted by Crippen LogP contribution is 2.27. The Morgan fingerprint density at radius 1 is 1.08 bits per heavy atom. The summed E-state index contributed by atoms with van der Waals surface area (Å²) in [6, 6.07) is 17.8. The number of nitrogens with one attached hydrogen (secondary N) is 1. The van der Waals surface area contributed by atoms with E-state index in [1.807, 2.05) is 60.7 Å². The number of thiazole rings is 1. The molecule has 132 valence electrons. The number of rotatable bonds is 6. The zero-order chi connectivity index (χ0) is 18.5. The van der Waals surface area contributed by atoms with Crippen LogP contribution in [0.4, 0.5) is 0 Å². The lowest BCUT2D eigenvalue weighted by molar-refractivity contribution is -0.139. The minimum atomic E-state index is -1.06. The second kappa shape index (κ2) is 7.93. The predicted molar refractivity (Wildman–Crippen MR) is 101 cm³/mol. The molecule has 0 radical (unpaired) electrons. The minimum absolute atomic E-state index is 0.227. The molecule has 5 nitrogen and oxygen atoms in total. The summed E-state index contributed by atoms with van der Waals surface area (Å²) in [6.07, 6.45) is 0.227. The monoisotopic (exact) mass is 366 g/mol. The summed E-state index contributed by atoms with van der Waals surface area (Å²) in [7, 11) is 0. The lowest BCUT2D eigenvalue weighted by atomic mass is 10.1. The summed E-state index contributed by atoms with van der Waals surface area (Å²) in [4.78, 5) is 29.0. The topological polar surface area (TPSA) is 79.3 Å². The molecule has 6 heteroatoms. The number of benzene rings is 2. The maximum absolute atomic E-state index is 12.6. The molecule has 1 heterocycles. The molecule has 3 rings (SSSR count). The van der Waals surface area contributed by atoms with E-state index in [1.165, 1.54) is 11.3 Å². The number of amides is 1. The Bertz CT molecular complexity index is 907. The van der Waals surface area contributed by atoms with Crippen molar-refractivity contribution in [3.8, 4) is 10.6 Å². The van der Waals surface area contributed by atoms with Crippen LogP contribution in [0.1, 0.15) is 20.9 Å². The molecule has 0 aliphatic rings. The van der Waals surface area contributed by atoms with Gasteiger partial charge in [0.25, 0.3) is 5.91 Å². The number of hydrogen-bond donors (Lipinski definition) is 2. The first-order chi connectivity index (χ1) is 12.5. The van der Waals surface area contributed by atoms with Gasteiger partial charge in [0.1, 0.15) is 15.9 Å². The number of aryl methyl sites for hydroxylation is 1. The van der Waals surface area contributed by atoms with Gasteiger partial charge in [-0.15, -0.1) is 11.3 Å². The highest BCUT2D eigenvalue weighted by molar-refractivity contribution is 7.17. The van der Waals surface area contributed by atoms with Crippen LogP contribution in [0.2, 0.25) is 0 Å². The van der Waals surface area contributed by atoms with Crippen molar-refractivity contribution in [2.45, 2.75) is 19.4 Å². The molecule has 2 N–H and O–H groups in total. The Labute approximate surface area is 155 Å². The second-order valence-corrected chi connectivity index (χ2v) is 6.85. The molecular weight excluding hydrogens is 348 g/mol. The van der Waals surface area contributed by atoms with E-state index in [-0.39, 0.29) is 6.42 Å². The second-order valence-electron chi connectivity index (χ2n) is 5.85. The number of aliphatic carboxylic acids is 1. The number of carbonyl (C=O) groups excluding carboxylic acids is 1. The third-order valence-electron chi connectivity index (χ3n) is 3.91. The van der Waals surface area contributed by atoms with E-state index in [0.717, 1.165) is 16.1 Å². The summed E-state index contributed by atoms with van der Waals surface area (Å²) in [6.45, 7) is 1.75. The third-order valence-corrected chi connectivity index (χ3v) is 5.11. The van der Waals surface area contributed by atoms with E-state index in [1.54, 1.807) is 6.92 Å². The molecule has 0 fully saturated rings. The SMILES string of the molecule is Cc1nc(-c2ccccc2)sc1C(=O)N[C@@H](Cc1ccccc1)C(=O)O. The molecule has 0 saturated heterocycles. The molecule has 26 heavy (non-hydrogen) atoms. The van der Waals surface area contributed by atoms with Crippen molar-refractivity contribution in [1.29, 1.82) is 0 Å². The van der Waals surface area contributed by atoms with Crippen molar-refractivity contribution < 1.29 is 14.7 Å². The van der Waals surface area contributed by atoms with Gasteiger partial charge in [-0.25, -0.2) is 9.78 Å². The van der Waals surface area contributed by atoms with Crippen molar-refractivity contribution in [3.63, 3.8) is 0 Å². The average molecular weight is 366 g/mol. The molecule has 3 aromatic rings. The van der Waals surface area contributed by atoms with Crippen molar-refractivity contribution in [1.82, 2.24) is 10.3 Å². The minimum Gasteiger partial charge on any atom is -0.480 e. The molecule has 0 spiro atoms.